The maximum absolute atomic E-state index is 4.20. The van der Waals surface area contributed by atoms with Crippen molar-refractivity contribution in [1.82, 2.24) is 14.1 Å². The van der Waals surface area contributed by atoms with Crippen LogP contribution in [0.25, 0.3) is 66.0 Å². The molecular weight excluding hydrogens is 462 g/mol. The van der Waals surface area contributed by atoms with E-state index in [1.807, 2.05) is 12.4 Å². The minimum atomic E-state index is 1.15. The molecule has 0 bridgehead atoms. The lowest BCUT2D eigenvalue weighted by atomic mass is 10.0. The first-order valence-electron chi connectivity index (χ1n) is 12.9. The fraction of sp³-hybridized carbons (Fsp3) is 0. The zero-order valence-corrected chi connectivity index (χ0v) is 20.6. The van der Waals surface area contributed by atoms with Crippen molar-refractivity contribution in [3.8, 4) is 22.5 Å². The first kappa shape index (κ1) is 21.0. The zero-order valence-electron chi connectivity index (χ0n) is 20.6. The first-order valence-corrected chi connectivity index (χ1v) is 12.9. The molecule has 178 valence electrons. The Hall–Kier alpha value is -5.15. The van der Waals surface area contributed by atoms with Crippen LogP contribution in [0, 0.1) is 0 Å². The second kappa shape index (κ2) is 8.19. The summed E-state index contributed by atoms with van der Waals surface area (Å²) in [7, 11) is 0. The van der Waals surface area contributed by atoms with Gasteiger partial charge in [-0.2, -0.15) is 0 Å². The molecule has 3 heterocycles. The van der Waals surface area contributed by atoms with Gasteiger partial charge in [-0.05, 0) is 77.2 Å². The summed E-state index contributed by atoms with van der Waals surface area (Å²) in [6, 6.07) is 43.7. The lowest BCUT2D eigenvalue weighted by molar-refractivity contribution is 1.13. The highest BCUT2D eigenvalue weighted by Gasteiger charge is 2.16. The van der Waals surface area contributed by atoms with Gasteiger partial charge in [0.2, 0.25) is 0 Å². The Morgan fingerprint density at radius 1 is 0.474 bits per heavy atom. The van der Waals surface area contributed by atoms with E-state index in [0.717, 1.165) is 11.3 Å². The molecule has 0 fully saturated rings. The SMILES string of the molecule is c1ccc(-n2ccc3cc4ccc5c6ccccc6n(-c6cccc(-c7ccncc7)c6)c5c4cc32)cc1. The fourth-order valence-corrected chi connectivity index (χ4v) is 5.87. The van der Waals surface area contributed by atoms with Crippen molar-refractivity contribution in [2.24, 2.45) is 0 Å². The van der Waals surface area contributed by atoms with Gasteiger partial charge in [-0.3, -0.25) is 4.98 Å². The van der Waals surface area contributed by atoms with Gasteiger partial charge in [-0.25, -0.2) is 0 Å². The third kappa shape index (κ3) is 3.12. The normalized spacial score (nSPS) is 11.7. The smallest absolute Gasteiger partial charge is 0.0620 e. The molecule has 0 saturated heterocycles. The summed E-state index contributed by atoms with van der Waals surface area (Å²) in [4.78, 5) is 4.20. The Kier molecular flexibility index (Phi) is 4.52. The number of hydrogen-bond acceptors (Lipinski definition) is 1. The Labute approximate surface area is 219 Å². The topological polar surface area (TPSA) is 22.8 Å². The average Bonchev–Trinajstić information content (AvgIpc) is 3.56. The Morgan fingerprint density at radius 2 is 1.29 bits per heavy atom. The molecule has 5 aromatic carbocycles. The fourth-order valence-electron chi connectivity index (χ4n) is 5.87. The summed E-state index contributed by atoms with van der Waals surface area (Å²) in [6.45, 7) is 0. The average molecular weight is 486 g/mol. The predicted octanol–water partition coefficient (Wildman–Crippen LogP) is 8.94. The number of nitrogens with zero attached hydrogens (tertiary/aromatic N) is 3. The van der Waals surface area contributed by atoms with E-state index in [1.54, 1.807) is 0 Å². The van der Waals surface area contributed by atoms with E-state index in [1.165, 1.54) is 54.7 Å². The third-order valence-corrected chi connectivity index (χ3v) is 7.61. The molecule has 0 aliphatic carbocycles. The lowest BCUT2D eigenvalue weighted by Crippen LogP contribution is -1.96. The maximum atomic E-state index is 4.20. The summed E-state index contributed by atoms with van der Waals surface area (Å²) in [6.07, 6.45) is 5.87. The molecular formula is C35H23N3. The maximum Gasteiger partial charge on any atom is 0.0620 e. The van der Waals surface area contributed by atoms with Crippen LogP contribution in [0.2, 0.25) is 0 Å². The van der Waals surface area contributed by atoms with Crippen LogP contribution < -0.4 is 0 Å². The molecule has 8 rings (SSSR count). The van der Waals surface area contributed by atoms with Crippen LogP contribution in [0.3, 0.4) is 0 Å². The highest BCUT2D eigenvalue weighted by atomic mass is 15.0. The van der Waals surface area contributed by atoms with Crippen LogP contribution in [-0.2, 0) is 0 Å². The van der Waals surface area contributed by atoms with Crippen molar-refractivity contribution in [2.75, 3.05) is 0 Å². The van der Waals surface area contributed by atoms with Gasteiger partial charge in [0.05, 0.1) is 16.6 Å². The molecule has 3 heteroatoms. The van der Waals surface area contributed by atoms with Crippen molar-refractivity contribution in [3.63, 3.8) is 0 Å². The van der Waals surface area contributed by atoms with Crippen LogP contribution in [0.4, 0.5) is 0 Å². The largest absolute Gasteiger partial charge is 0.317 e. The minimum Gasteiger partial charge on any atom is -0.317 e. The van der Waals surface area contributed by atoms with E-state index < -0.39 is 0 Å². The van der Waals surface area contributed by atoms with Gasteiger partial charge in [0.1, 0.15) is 0 Å². The van der Waals surface area contributed by atoms with Gasteiger partial charge < -0.3 is 9.13 Å². The van der Waals surface area contributed by atoms with Crippen molar-refractivity contribution < 1.29 is 0 Å². The van der Waals surface area contributed by atoms with E-state index in [-0.39, 0.29) is 0 Å². The van der Waals surface area contributed by atoms with E-state index >= 15 is 0 Å². The van der Waals surface area contributed by atoms with Gasteiger partial charge >= 0.3 is 0 Å². The number of aromatic nitrogens is 3. The monoisotopic (exact) mass is 485 g/mol. The standard InChI is InChI=1S/C35H23N3/c1-2-8-28(9-3-1)37-20-17-27-21-26-13-14-31-30-11-4-5-12-33(30)38(35(31)32(26)23-34(27)37)29-10-6-7-25(22-29)24-15-18-36-19-16-24/h1-23H. The molecule has 0 N–H and O–H groups in total. The second-order valence-corrected chi connectivity index (χ2v) is 9.75. The number of benzene rings is 5. The molecule has 0 atom stereocenters. The van der Waals surface area contributed by atoms with E-state index in [0.29, 0.717) is 0 Å². The Bertz CT molecular complexity index is 2120. The molecule has 0 spiro atoms. The molecule has 38 heavy (non-hydrogen) atoms. The highest BCUT2D eigenvalue weighted by Crippen LogP contribution is 2.39. The molecule has 8 aromatic rings. The van der Waals surface area contributed by atoms with E-state index in [2.05, 4.69) is 142 Å². The lowest BCUT2D eigenvalue weighted by Gasteiger charge is -2.12. The minimum absolute atomic E-state index is 1.15. The van der Waals surface area contributed by atoms with Gasteiger partial charge in [-0.1, -0.05) is 60.7 Å². The van der Waals surface area contributed by atoms with Gasteiger partial charge in [0.25, 0.3) is 0 Å². The van der Waals surface area contributed by atoms with Crippen molar-refractivity contribution in [2.45, 2.75) is 0 Å². The number of hydrogen-bond donors (Lipinski definition) is 0. The molecule has 0 saturated carbocycles. The second-order valence-electron chi connectivity index (χ2n) is 9.75. The van der Waals surface area contributed by atoms with Crippen LogP contribution in [0.1, 0.15) is 0 Å². The summed E-state index contributed by atoms with van der Waals surface area (Å²) in [5.41, 5.74) is 8.31. The predicted molar refractivity (Wildman–Crippen MR) is 158 cm³/mol. The van der Waals surface area contributed by atoms with Gasteiger partial charge in [0, 0.05) is 51.5 Å². The number of fused-ring (bicyclic) bond motifs is 6. The summed E-state index contributed by atoms with van der Waals surface area (Å²) in [5.74, 6) is 0. The van der Waals surface area contributed by atoms with Gasteiger partial charge in [0.15, 0.2) is 0 Å². The van der Waals surface area contributed by atoms with Crippen LogP contribution >= 0.6 is 0 Å². The number of rotatable bonds is 3. The molecule has 0 aliphatic rings. The molecule has 3 aromatic heterocycles. The quantitative estimate of drug-likeness (QED) is 0.245. The third-order valence-electron chi connectivity index (χ3n) is 7.61. The van der Waals surface area contributed by atoms with Crippen LogP contribution in [-0.4, -0.2) is 14.1 Å². The van der Waals surface area contributed by atoms with E-state index in [4.69, 9.17) is 0 Å². The first-order chi connectivity index (χ1) is 18.8. The summed E-state index contributed by atoms with van der Waals surface area (Å²) in [5, 5.41) is 6.25. The zero-order chi connectivity index (χ0) is 25.1. The summed E-state index contributed by atoms with van der Waals surface area (Å²) < 4.78 is 4.71. The summed E-state index contributed by atoms with van der Waals surface area (Å²) >= 11 is 0. The van der Waals surface area contributed by atoms with Gasteiger partial charge in [-0.15, -0.1) is 0 Å². The Morgan fingerprint density at radius 3 is 2.18 bits per heavy atom. The van der Waals surface area contributed by atoms with Crippen molar-refractivity contribution in [1.29, 1.82) is 0 Å². The highest BCUT2D eigenvalue weighted by molar-refractivity contribution is 6.20. The van der Waals surface area contributed by atoms with Crippen molar-refractivity contribution in [3.05, 3.63) is 140 Å². The Balaban J connectivity index is 1.48. The molecule has 3 nitrogen and oxygen atoms in total. The van der Waals surface area contributed by atoms with Crippen LogP contribution in [0.15, 0.2) is 140 Å². The van der Waals surface area contributed by atoms with E-state index in [9.17, 15) is 0 Å². The molecule has 0 unspecified atom stereocenters. The van der Waals surface area contributed by atoms with Crippen molar-refractivity contribution >= 4 is 43.5 Å². The van der Waals surface area contributed by atoms with Crippen LogP contribution in [0.5, 0.6) is 0 Å². The molecule has 0 aliphatic heterocycles. The number of pyridine rings is 1. The number of para-hydroxylation sites is 2. The molecule has 0 radical (unpaired) electrons. The molecule has 0 amide bonds.